The summed E-state index contributed by atoms with van der Waals surface area (Å²) in [5, 5.41) is 73.4. The second-order valence-corrected chi connectivity index (χ2v) is 18.0. The van der Waals surface area contributed by atoms with E-state index in [1.807, 2.05) is 0 Å². The zero-order valence-electron chi connectivity index (χ0n) is 30.9. The third kappa shape index (κ3) is 6.48. The molecule has 10 nitrogen and oxygen atoms in total. The van der Waals surface area contributed by atoms with Gasteiger partial charge in [-0.15, -0.1) is 0 Å². The van der Waals surface area contributed by atoms with Crippen molar-refractivity contribution in [3.63, 3.8) is 0 Å². The van der Waals surface area contributed by atoms with Crippen LogP contribution >= 0.6 is 0 Å². The van der Waals surface area contributed by atoms with Gasteiger partial charge in [0, 0.05) is 17.9 Å². The third-order valence-electron chi connectivity index (χ3n) is 15.5. The maximum Gasteiger partial charge on any atom is 0.159 e. The summed E-state index contributed by atoms with van der Waals surface area (Å²) in [6, 6.07) is 0. The van der Waals surface area contributed by atoms with Gasteiger partial charge in [0.2, 0.25) is 0 Å². The van der Waals surface area contributed by atoms with Crippen molar-refractivity contribution in [1.82, 2.24) is 5.32 Å². The molecule has 2 unspecified atom stereocenters. The molecule has 6 aliphatic rings. The number of piperidine rings is 1. The van der Waals surface area contributed by atoms with Gasteiger partial charge in [0.05, 0.1) is 42.3 Å². The fourth-order valence-electron chi connectivity index (χ4n) is 12.5. The number of nitrogens with two attached hydrogens (primary N) is 1. The molecular weight excluding hydrogens is 636 g/mol. The second kappa shape index (κ2) is 15.1. The van der Waals surface area contributed by atoms with Gasteiger partial charge >= 0.3 is 0 Å². The first-order valence-electron chi connectivity index (χ1n) is 20.2. The van der Waals surface area contributed by atoms with Gasteiger partial charge in [0.1, 0.15) is 6.10 Å². The summed E-state index contributed by atoms with van der Waals surface area (Å²) in [6.45, 7) is 7.17. The van der Waals surface area contributed by atoms with Crippen molar-refractivity contribution in [1.29, 1.82) is 0 Å². The largest absolute Gasteiger partial charge is 0.396 e. The van der Waals surface area contributed by atoms with E-state index in [9.17, 15) is 35.4 Å². The van der Waals surface area contributed by atoms with Crippen molar-refractivity contribution in [2.45, 2.75) is 165 Å². The Labute approximate surface area is 299 Å². The van der Waals surface area contributed by atoms with E-state index in [2.05, 4.69) is 19.2 Å². The number of carbonyl (C=O) groups excluding carboxylic acids is 1. The molecule has 2 aliphatic heterocycles. The van der Waals surface area contributed by atoms with Crippen molar-refractivity contribution in [2.75, 3.05) is 19.8 Å². The Hall–Kier alpha value is -0.950. The molecule has 2 heterocycles. The van der Waals surface area contributed by atoms with Crippen LogP contribution in [0.4, 0.5) is 0 Å². The first-order chi connectivity index (χ1) is 23.8. The van der Waals surface area contributed by atoms with E-state index in [-0.39, 0.29) is 43.2 Å². The topological polar surface area (TPSA) is 186 Å². The van der Waals surface area contributed by atoms with Crippen LogP contribution < -0.4 is 11.1 Å². The lowest BCUT2D eigenvalue weighted by atomic mass is 9.43. The molecule has 0 radical (unpaired) electrons. The van der Waals surface area contributed by atoms with Gasteiger partial charge in [-0.3, -0.25) is 4.79 Å². The lowest BCUT2D eigenvalue weighted by Crippen LogP contribution is -2.65. The van der Waals surface area contributed by atoms with Crippen LogP contribution in [-0.4, -0.2) is 98.0 Å². The van der Waals surface area contributed by atoms with E-state index in [0.717, 1.165) is 38.6 Å². The van der Waals surface area contributed by atoms with Crippen LogP contribution in [0.25, 0.3) is 0 Å². The number of rotatable bonds is 13. The van der Waals surface area contributed by atoms with Crippen LogP contribution in [0.15, 0.2) is 11.6 Å². The number of aliphatic hydroxyl groups excluding tert-OH is 4. The molecule has 2 saturated heterocycles. The molecule has 0 amide bonds. The van der Waals surface area contributed by atoms with Gasteiger partial charge in [-0.2, -0.15) is 0 Å². The lowest BCUT2D eigenvalue weighted by molar-refractivity contribution is -0.203. The number of allylic oxidation sites excluding steroid dienone is 1. The molecular formula is C40H68N2O8. The molecule has 0 aromatic heterocycles. The number of aliphatic hydroxyl groups is 6. The van der Waals surface area contributed by atoms with E-state index in [1.165, 1.54) is 19.3 Å². The molecule has 50 heavy (non-hydrogen) atoms. The number of hydrogen-bond acceptors (Lipinski definition) is 10. The summed E-state index contributed by atoms with van der Waals surface area (Å²) in [6.07, 6.45) is 9.82. The average Bonchev–Trinajstić information content (AvgIpc) is 3.60. The molecule has 0 bridgehead atoms. The summed E-state index contributed by atoms with van der Waals surface area (Å²) in [5.41, 5.74) is 2.14. The SMILES string of the molecule is CCCCCC[C@H]1CO[C@@H]([C@@H](O)[C@](C)(O)[C@@H]2CC[C@]3(O)C4=CC(=O)[C@H]5C[C@@H](O)[C@@H](O)C[C@]5(CCC5CCC(N)NC5)[C@@H]4CC[C@]23CCO)[C@H]1C. The molecule has 0 spiro atoms. The first-order valence-corrected chi connectivity index (χ1v) is 20.2. The maximum absolute atomic E-state index is 14.2. The Morgan fingerprint density at radius 2 is 1.84 bits per heavy atom. The molecule has 0 aromatic rings. The van der Waals surface area contributed by atoms with Crippen molar-refractivity contribution >= 4 is 5.78 Å². The van der Waals surface area contributed by atoms with Crippen molar-refractivity contribution in [3.05, 3.63) is 11.6 Å². The summed E-state index contributed by atoms with van der Waals surface area (Å²) in [5.74, 6) is -0.485. The Kier molecular flexibility index (Phi) is 11.7. The van der Waals surface area contributed by atoms with E-state index < -0.39 is 58.3 Å². The smallest absolute Gasteiger partial charge is 0.159 e. The van der Waals surface area contributed by atoms with Gasteiger partial charge < -0.3 is 46.4 Å². The minimum absolute atomic E-state index is 0.00620. The monoisotopic (exact) mass is 704 g/mol. The van der Waals surface area contributed by atoms with Crippen LogP contribution in [0.1, 0.15) is 124 Å². The van der Waals surface area contributed by atoms with Crippen molar-refractivity contribution in [2.24, 2.45) is 52.1 Å². The Bertz CT molecular complexity index is 1220. The fraction of sp³-hybridized carbons (Fsp3) is 0.925. The number of unbranched alkanes of at least 4 members (excludes halogenated alkanes) is 3. The standard InChI is InChI=1S/C40H68N2O8/c1-4-5-6-7-8-26-23-50-35(24(26)2)36(47)37(3,48)33-13-16-40(49)28-19-30(44)29-20-31(45)32(46)21-38(29,14-11-25-9-10-34(41)42-22-25)27(28)12-15-39(33,40)17-18-43/h19,24-27,29,31-36,42-43,45-49H,4-18,20-23,41H2,1-3H3/t24-,25?,26-,27+,29+,31+,32-,33-,34?,35+,36+,37+,38+,39-,40-/m0/s1. The quantitative estimate of drug-likeness (QED) is 0.132. The lowest BCUT2D eigenvalue weighted by Gasteiger charge is -2.62. The number of carbonyl (C=O) groups is 1. The predicted molar refractivity (Wildman–Crippen MR) is 191 cm³/mol. The van der Waals surface area contributed by atoms with Crippen LogP contribution in [0, 0.1) is 46.3 Å². The summed E-state index contributed by atoms with van der Waals surface area (Å²) >= 11 is 0. The summed E-state index contributed by atoms with van der Waals surface area (Å²) in [7, 11) is 0. The van der Waals surface area contributed by atoms with E-state index in [0.29, 0.717) is 62.5 Å². The second-order valence-electron chi connectivity index (χ2n) is 18.0. The van der Waals surface area contributed by atoms with E-state index in [1.54, 1.807) is 13.0 Å². The van der Waals surface area contributed by atoms with Crippen molar-refractivity contribution in [3.8, 4) is 0 Å². The zero-order valence-corrected chi connectivity index (χ0v) is 30.9. The number of fused-ring (bicyclic) bond motifs is 5. The third-order valence-corrected chi connectivity index (χ3v) is 15.5. The van der Waals surface area contributed by atoms with Gasteiger partial charge in [-0.25, -0.2) is 0 Å². The number of ether oxygens (including phenoxy) is 1. The molecule has 6 rings (SSSR count). The van der Waals surface area contributed by atoms with E-state index >= 15 is 0 Å². The molecule has 0 aromatic carbocycles. The number of hydrogen-bond donors (Lipinski definition) is 8. The molecule has 286 valence electrons. The van der Waals surface area contributed by atoms with Crippen LogP contribution in [-0.2, 0) is 9.53 Å². The molecule has 9 N–H and O–H groups in total. The van der Waals surface area contributed by atoms with Gasteiger partial charge in [-0.05, 0) is 137 Å². The minimum atomic E-state index is -1.61. The highest BCUT2D eigenvalue weighted by Crippen LogP contribution is 2.70. The average molecular weight is 705 g/mol. The Morgan fingerprint density at radius 3 is 2.54 bits per heavy atom. The fourth-order valence-corrected chi connectivity index (χ4v) is 12.5. The molecule has 15 atom stereocenters. The first kappa shape index (κ1) is 38.8. The van der Waals surface area contributed by atoms with Crippen LogP contribution in [0.3, 0.4) is 0 Å². The summed E-state index contributed by atoms with van der Waals surface area (Å²) < 4.78 is 6.24. The van der Waals surface area contributed by atoms with Gasteiger partial charge in [-0.1, -0.05) is 39.5 Å². The molecule has 3 saturated carbocycles. The zero-order chi connectivity index (χ0) is 36.1. The van der Waals surface area contributed by atoms with Crippen molar-refractivity contribution < 1.29 is 40.2 Å². The van der Waals surface area contributed by atoms with E-state index in [4.69, 9.17) is 10.5 Å². The number of ketones is 1. The highest BCUT2D eigenvalue weighted by molar-refractivity contribution is 5.95. The normalized spacial score (nSPS) is 46.4. The molecule has 5 fully saturated rings. The molecule has 10 heteroatoms. The predicted octanol–water partition coefficient (Wildman–Crippen LogP) is 3.33. The van der Waals surface area contributed by atoms with Crippen LogP contribution in [0.5, 0.6) is 0 Å². The summed E-state index contributed by atoms with van der Waals surface area (Å²) in [4.78, 5) is 14.2. The van der Waals surface area contributed by atoms with Gasteiger partial charge in [0.25, 0.3) is 0 Å². The number of nitrogens with one attached hydrogen (secondary N) is 1. The van der Waals surface area contributed by atoms with Crippen LogP contribution in [0.2, 0.25) is 0 Å². The highest BCUT2D eigenvalue weighted by Gasteiger charge is 2.71. The Balaban J connectivity index is 1.28. The minimum Gasteiger partial charge on any atom is -0.396 e. The maximum atomic E-state index is 14.2. The highest BCUT2D eigenvalue weighted by atomic mass is 16.5. The van der Waals surface area contributed by atoms with Gasteiger partial charge in [0.15, 0.2) is 5.78 Å². The Morgan fingerprint density at radius 1 is 1.06 bits per heavy atom. The molecule has 4 aliphatic carbocycles.